The highest BCUT2D eigenvalue weighted by molar-refractivity contribution is 6.43. The van der Waals surface area contributed by atoms with Crippen LogP contribution in [0.4, 0.5) is 13.2 Å². The summed E-state index contributed by atoms with van der Waals surface area (Å²) in [6, 6.07) is 4.84. The van der Waals surface area contributed by atoms with Crippen molar-refractivity contribution >= 4 is 11.6 Å². The maximum atomic E-state index is 12.7. The van der Waals surface area contributed by atoms with E-state index in [1.54, 1.807) is 23.0 Å². The lowest BCUT2D eigenvalue weighted by Crippen LogP contribution is -2.37. The van der Waals surface area contributed by atoms with Crippen molar-refractivity contribution in [3.63, 3.8) is 0 Å². The number of allylic oxidation sites excluding steroid dienone is 1. The van der Waals surface area contributed by atoms with Crippen LogP contribution in [-0.4, -0.2) is 44.7 Å². The molecule has 1 aliphatic heterocycles. The summed E-state index contributed by atoms with van der Waals surface area (Å²) in [5, 5.41) is 16.5. The minimum Gasteiger partial charge on any atom is -0.395 e. The Morgan fingerprint density at radius 3 is 2.90 bits per heavy atom. The van der Waals surface area contributed by atoms with E-state index in [2.05, 4.69) is 20.4 Å². The van der Waals surface area contributed by atoms with Gasteiger partial charge < -0.3 is 16.2 Å². The predicted octanol–water partition coefficient (Wildman–Crippen LogP) is 1.86. The van der Waals surface area contributed by atoms with Gasteiger partial charge in [0.2, 0.25) is 0 Å². The van der Waals surface area contributed by atoms with Gasteiger partial charge in [0, 0.05) is 25.4 Å². The average Bonchev–Trinajstić information content (AvgIpc) is 3.16. The summed E-state index contributed by atoms with van der Waals surface area (Å²) in [6.45, 7) is 0.448. The average molecular weight is 422 g/mol. The van der Waals surface area contributed by atoms with Gasteiger partial charge in [-0.2, -0.15) is 18.3 Å². The first-order valence-electron chi connectivity index (χ1n) is 9.19. The van der Waals surface area contributed by atoms with Crippen LogP contribution in [0.25, 0.3) is 11.3 Å². The second kappa shape index (κ2) is 8.66. The fraction of sp³-hybridized carbons (Fsp3) is 0.368. The standard InChI is InChI=1S/C19H21F3N6O2/c1-24-15(9-17(23)19(20,21)22)18(30)26-13-3-2-6-28-16(13)8-14(27-28)11-4-5-25-12(7-11)10-29/h4-5,7-9,13,29H,2-3,6,10,23H2,1H3,(H,26,30)/b17-9-,24-15?. The van der Waals surface area contributed by atoms with Crippen molar-refractivity contribution in [2.75, 3.05) is 7.05 Å². The molecule has 8 nitrogen and oxygen atoms in total. The zero-order valence-electron chi connectivity index (χ0n) is 16.1. The summed E-state index contributed by atoms with van der Waals surface area (Å²) in [5.74, 6) is -0.752. The second-order valence-electron chi connectivity index (χ2n) is 6.75. The van der Waals surface area contributed by atoms with E-state index in [1.165, 1.54) is 7.05 Å². The molecule has 0 saturated carbocycles. The van der Waals surface area contributed by atoms with Gasteiger partial charge in [-0.15, -0.1) is 0 Å². The Kier molecular flexibility index (Phi) is 6.20. The van der Waals surface area contributed by atoms with E-state index in [1.807, 2.05) is 6.07 Å². The molecule has 0 aromatic carbocycles. The first-order valence-corrected chi connectivity index (χ1v) is 9.19. The third kappa shape index (κ3) is 4.67. The SMILES string of the molecule is CN=C(/C=C(\N)C(F)(F)F)C(=O)NC1CCCn2nc(-c3ccnc(CO)c3)cc21. The van der Waals surface area contributed by atoms with Crippen LogP contribution in [0.5, 0.6) is 0 Å². The molecule has 1 amide bonds. The highest BCUT2D eigenvalue weighted by Crippen LogP contribution is 2.29. The molecular formula is C19H21F3N6O2. The van der Waals surface area contributed by atoms with Crippen LogP contribution < -0.4 is 11.1 Å². The van der Waals surface area contributed by atoms with Crippen LogP contribution in [0.15, 0.2) is 41.2 Å². The van der Waals surface area contributed by atoms with Crippen molar-refractivity contribution in [1.29, 1.82) is 0 Å². The Hall–Kier alpha value is -3.21. The molecule has 3 heterocycles. The van der Waals surface area contributed by atoms with E-state index in [0.29, 0.717) is 30.4 Å². The van der Waals surface area contributed by atoms with Gasteiger partial charge in [0.1, 0.15) is 11.4 Å². The topological polar surface area (TPSA) is 118 Å². The number of carbonyl (C=O) groups is 1. The van der Waals surface area contributed by atoms with E-state index in [-0.39, 0.29) is 6.61 Å². The van der Waals surface area contributed by atoms with Crippen LogP contribution in [0.3, 0.4) is 0 Å². The highest BCUT2D eigenvalue weighted by atomic mass is 19.4. The van der Waals surface area contributed by atoms with Gasteiger partial charge in [-0.25, -0.2) is 0 Å². The van der Waals surface area contributed by atoms with Crippen molar-refractivity contribution < 1.29 is 23.1 Å². The minimum absolute atomic E-state index is 0.201. The van der Waals surface area contributed by atoms with E-state index in [4.69, 9.17) is 5.73 Å². The largest absolute Gasteiger partial charge is 0.430 e. The number of pyridine rings is 1. The molecule has 30 heavy (non-hydrogen) atoms. The number of nitrogens with two attached hydrogens (primary N) is 1. The first kappa shape index (κ1) is 21.5. The molecule has 11 heteroatoms. The Morgan fingerprint density at radius 1 is 1.47 bits per heavy atom. The van der Waals surface area contributed by atoms with Gasteiger partial charge in [-0.05, 0) is 37.1 Å². The lowest BCUT2D eigenvalue weighted by atomic mass is 10.0. The first-order chi connectivity index (χ1) is 14.2. The summed E-state index contributed by atoms with van der Waals surface area (Å²) in [7, 11) is 1.22. The van der Waals surface area contributed by atoms with Crippen LogP contribution in [0.2, 0.25) is 0 Å². The summed E-state index contributed by atoms with van der Waals surface area (Å²) >= 11 is 0. The lowest BCUT2D eigenvalue weighted by molar-refractivity contribution is -0.115. The van der Waals surface area contributed by atoms with E-state index in [9.17, 15) is 23.1 Å². The number of halogens is 3. The third-order valence-electron chi connectivity index (χ3n) is 4.70. The van der Waals surface area contributed by atoms with Gasteiger partial charge in [0.15, 0.2) is 0 Å². The molecule has 0 spiro atoms. The van der Waals surface area contributed by atoms with Crippen LogP contribution in [-0.2, 0) is 17.9 Å². The Labute approximate surface area is 170 Å². The lowest BCUT2D eigenvalue weighted by Gasteiger charge is -2.24. The predicted molar refractivity (Wildman–Crippen MR) is 103 cm³/mol. The molecule has 0 radical (unpaired) electrons. The number of aliphatic imine (C=N–C) groups is 1. The number of rotatable bonds is 5. The molecule has 0 bridgehead atoms. The number of alkyl halides is 3. The van der Waals surface area contributed by atoms with Gasteiger partial charge in [-0.3, -0.25) is 19.5 Å². The number of nitrogens with zero attached hydrogens (tertiary/aromatic N) is 4. The molecule has 0 saturated heterocycles. The zero-order valence-corrected chi connectivity index (χ0v) is 16.1. The maximum absolute atomic E-state index is 12.7. The number of fused-ring (bicyclic) bond motifs is 1. The number of aliphatic hydroxyl groups is 1. The molecule has 1 aliphatic rings. The molecule has 1 unspecified atom stereocenters. The van der Waals surface area contributed by atoms with Crippen molar-refractivity contribution in [1.82, 2.24) is 20.1 Å². The fourth-order valence-corrected chi connectivity index (χ4v) is 3.19. The summed E-state index contributed by atoms with van der Waals surface area (Å²) in [4.78, 5) is 20.2. The summed E-state index contributed by atoms with van der Waals surface area (Å²) < 4.78 is 39.8. The minimum atomic E-state index is -4.74. The van der Waals surface area contributed by atoms with Gasteiger partial charge >= 0.3 is 6.18 Å². The highest BCUT2D eigenvalue weighted by Gasteiger charge is 2.33. The molecule has 0 fully saturated rings. The molecule has 2 aromatic rings. The number of aromatic nitrogens is 3. The summed E-state index contributed by atoms with van der Waals surface area (Å²) in [5.41, 5.74) is 5.84. The molecule has 4 N–H and O–H groups in total. The maximum Gasteiger partial charge on any atom is 0.430 e. The van der Waals surface area contributed by atoms with Crippen molar-refractivity contribution in [2.24, 2.45) is 10.7 Å². The normalized spacial score (nSPS) is 17.6. The van der Waals surface area contributed by atoms with Gasteiger partial charge in [0.25, 0.3) is 5.91 Å². The number of aryl methyl sites for hydroxylation is 1. The second-order valence-corrected chi connectivity index (χ2v) is 6.75. The van der Waals surface area contributed by atoms with Gasteiger partial charge in [-0.1, -0.05) is 0 Å². The smallest absolute Gasteiger partial charge is 0.395 e. The van der Waals surface area contributed by atoms with Gasteiger partial charge in [0.05, 0.1) is 29.7 Å². The van der Waals surface area contributed by atoms with Crippen molar-refractivity contribution in [3.05, 3.63) is 47.6 Å². The number of carbonyl (C=O) groups excluding carboxylic acids is 1. The van der Waals surface area contributed by atoms with Crippen LogP contribution in [0.1, 0.15) is 30.3 Å². The van der Waals surface area contributed by atoms with Crippen LogP contribution >= 0.6 is 0 Å². The van der Waals surface area contributed by atoms with Crippen molar-refractivity contribution in [2.45, 2.75) is 38.2 Å². The zero-order chi connectivity index (χ0) is 21.9. The Bertz CT molecular complexity index is 996. The Morgan fingerprint density at radius 2 is 2.23 bits per heavy atom. The molecule has 2 aromatic heterocycles. The summed E-state index contributed by atoms with van der Waals surface area (Å²) in [6.07, 6.45) is -1.32. The number of nitrogens with one attached hydrogen (secondary N) is 1. The van der Waals surface area contributed by atoms with E-state index >= 15 is 0 Å². The third-order valence-corrected chi connectivity index (χ3v) is 4.70. The van der Waals surface area contributed by atoms with Crippen LogP contribution in [0, 0.1) is 0 Å². The molecule has 3 rings (SSSR count). The molecule has 1 atom stereocenters. The quantitative estimate of drug-likeness (QED) is 0.636. The number of amides is 1. The number of hydrogen-bond acceptors (Lipinski definition) is 6. The Balaban J connectivity index is 1.83. The molecular weight excluding hydrogens is 401 g/mol. The van der Waals surface area contributed by atoms with E-state index < -0.39 is 29.5 Å². The number of hydrogen-bond donors (Lipinski definition) is 3. The number of aliphatic hydroxyl groups excluding tert-OH is 1. The fourth-order valence-electron chi connectivity index (χ4n) is 3.19. The molecule has 160 valence electrons. The van der Waals surface area contributed by atoms with E-state index in [0.717, 1.165) is 17.7 Å². The molecule has 0 aliphatic carbocycles. The monoisotopic (exact) mass is 422 g/mol. The van der Waals surface area contributed by atoms with Crippen molar-refractivity contribution in [3.8, 4) is 11.3 Å².